The third kappa shape index (κ3) is 2.87. The van der Waals surface area contributed by atoms with E-state index in [1.165, 1.54) is 11.3 Å². The number of nitrogens with one attached hydrogen (secondary N) is 1. The van der Waals surface area contributed by atoms with Crippen molar-refractivity contribution in [1.29, 1.82) is 0 Å². The lowest BCUT2D eigenvalue weighted by Gasteiger charge is -2.16. The van der Waals surface area contributed by atoms with Crippen LogP contribution in [-0.2, 0) is 0 Å². The van der Waals surface area contributed by atoms with Gasteiger partial charge in [0.2, 0.25) is 0 Å². The summed E-state index contributed by atoms with van der Waals surface area (Å²) in [4.78, 5) is 19.7. The summed E-state index contributed by atoms with van der Waals surface area (Å²) in [7, 11) is 0. The van der Waals surface area contributed by atoms with Gasteiger partial charge in [-0.3, -0.25) is 4.79 Å². The second kappa shape index (κ2) is 6.11. The van der Waals surface area contributed by atoms with Gasteiger partial charge in [0, 0.05) is 30.2 Å². The molecule has 0 bridgehead atoms. The summed E-state index contributed by atoms with van der Waals surface area (Å²) in [5, 5.41) is 5.86. The fourth-order valence-corrected chi connectivity index (χ4v) is 3.99. The number of aryl methyl sites for hydroxylation is 1. The van der Waals surface area contributed by atoms with Gasteiger partial charge in [0.15, 0.2) is 5.58 Å². The highest BCUT2D eigenvalue weighted by Gasteiger charge is 2.29. The van der Waals surface area contributed by atoms with Gasteiger partial charge in [-0.25, -0.2) is 0 Å². The lowest BCUT2D eigenvalue weighted by atomic mass is 10.2. The third-order valence-corrected chi connectivity index (χ3v) is 5.45. The number of anilines is 1. The van der Waals surface area contributed by atoms with E-state index >= 15 is 0 Å². The van der Waals surface area contributed by atoms with Crippen molar-refractivity contribution in [2.75, 3.05) is 18.4 Å². The van der Waals surface area contributed by atoms with Crippen molar-refractivity contribution in [3.8, 4) is 0 Å². The monoisotopic (exact) mass is 361 g/mol. The predicted octanol–water partition coefficient (Wildman–Crippen LogP) is 4.18. The first-order chi connectivity index (χ1) is 11.6. The molecule has 1 N–H and O–H groups in total. The minimum absolute atomic E-state index is 0.108. The molecule has 24 heavy (non-hydrogen) atoms. The smallest absolute Gasteiger partial charge is 0.295 e. The van der Waals surface area contributed by atoms with Gasteiger partial charge in [0.1, 0.15) is 5.52 Å². The zero-order valence-corrected chi connectivity index (χ0v) is 14.7. The molecule has 124 valence electrons. The molecular weight excluding hydrogens is 346 g/mol. The number of amides is 1. The van der Waals surface area contributed by atoms with Gasteiger partial charge in [-0.05, 0) is 42.5 Å². The molecule has 1 atom stereocenters. The zero-order chi connectivity index (χ0) is 16.7. The van der Waals surface area contributed by atoms with Gasteiger partial charge in [-0.15, -0.1) is 11.3 Å². The average molecular weight is 362 g/mol. The highest BCUT2D eigenvalue weighted by atomic mass is 35.5. The van der Waals surface area contributed by atoms with E-state index in [-0.39, 0.29) is 11.9 Å². The molecule has 4 rings (SSSR count). The van der Waals surface area contributed by atoms with E-state index in [1.807, 2.05) is 29.3 Å². The number of likely N-dealkylation sites (tertiary alicyclic amines) is 1. The van der Waals surface area contributed by atoms with Crippen molar-refractivity contribution in [3.63, 3.8) is 0 Å². The first-order valence-corrected chi connectivity index (χ1v) is 9.02. The molecule has 3 aromatic rings. The first-order valence-electron chi connectivity index (χ1n) is 7.76. The SMILES string of the molecule is Cc1ccsc1C(=O)N1CC[C@@H](Nc2nc3ccc(Cl)cc3o2)C1. The predicted molar refractivity (Wildman–Crippen MR) is 96.0 cm³/mol. The highest BCUT2D eigenvalue weighted by Crippen LogP contribution is 2.25. The Morgan fingerprint density at radius 1 is 1.46 bits per heavy atom. The Balaban J connectivity index is 1.44. The van der Waals surface area contributed by atoms with E-state index in [2.05, 4.69) is 10.3 Å². The van der Waals surface area contributed by atoms with Crippen LogP contribution in [0.5, 0.6) is 0 Å². The molecule has 3 heterocycles. The van der Waals surface area contributed by atoms with E-state index in [4.69, 9.17) is 16.0 Å². The van der Waals surface area contributed by atoms with Crippen LogP contribution in [0.2, 0.25) is 5.02 Å². The normalized spacial score (nSPS) is 17.6. The Hall–Kier alpha value is -2.05. The zero-order valence-electron chi connectivity index (χ0n) is 13.1. The quantitative estimate of drug-likeness (QED) is 0.760. The number of benzene rings is 1. The largest absolute Gasteiger partial charge is 0.423 e. The molecule has 7 heteroatoms. The Morgan fingerprint density at radius 2 is 2.33 bits per heavy atom. The van der Waals surface area contributed by atoms with Crippen LogP contribution in [0.25, 0.3) is 11.1 Å². The van der Waals surface area contributed by atoms with Crippen molar-refractivity contribution in [3.05, 3.63) is 45.1 Å². The van der Waals surface area contributed by atoms with Crippen LogP contribution < -0.4 is 5.32 Å². The fourth-order valence-electron chi connectivity index (χ4n) is 2.93. The van der Waals surface area contributed by atoms with E-state index < -0.39 is 0 Å². The number of carbonyl (C=O) groups excluding carboxylic acids is 1. The highest BCUT2D eigenvalue weighted by molar-refractivity contribution is 7.12. The van der Waals surface area contributed by atoms with Crippen molar-refractivity contribution in [2.45, 2.75) is 19.4 Å². The van der Waals surface area contributed by atoms with Crippen LogP contribution >= 0.6 is 22.9 Å². The van der Waals surface area contributed by atoms with Gasteiger partial charge in [-0.2, -0.15) is 4.98 Å². The number of thiophene rings is 1. The summed E-state index contributed by atoms with van der Waals surface area (Å²) in [5.41, 5.74) is 2.46. The first kappa shape index (κ1) is 15.5. The maximum atomic E-state index is 12.6. The molecule has 1 aromatic carbocycles. The van der Waals surface area contributed by atoms with Gasteiger partial charge in [-0.1, -0.05) is 11.6 Å². The molecular formula is C17H16ClN3O2S. The van der Waals surface area contributed by atoms with Gasteiger partial charge < -0.3 is 14.6 Å². The van der Waals surface area contributed by atoms with Crippen LogP contribution in [0.1, 0.15) is 21.7 Å². The molecule has 0 radical (unpaired) electrons. The number of carbonyl (C=O) groups is 1. The third-order valence-electron chi connectivity index (χ3n) is 4.21. The minimum Gasteiger partial charge on any atom is -0.423 e. The number of hydrogen-bond donors (Lipinski definition) is 1. The van der Waals surface area contributed by atoms with Gasteiger partial charge in [0.05, 0.1) is 4.88 Å². The fraction of sp³-hybridized carbons (Fsp3) is 0.294. The molecule has 0 saturated carbocycles. The van der Waals surface area contributed by atoms with Crippen molar-refractivity contribution in [1.82, 2.24) is 9.88 Å². The van der Waals surface area contributed by atoms with E-state index in [0.29, 0.717) is 23.2 Å². The molecule has 5 nitrogen and oxygen atoms in total. The molecule has 1 aliphatic heterocycles. The van der Waals surface area contributed by atoms with E-state index in [0.717, 1.165) is 28.9 Å². The van der Waals surface area contributed by atoms with Crippen molar-refractivity contribution >= 4 is 46.0 Å². The molecule has 1 aliphatic rings. The van der Waals surface area contributed by atoms with Crippen LogP contribution in [0.4, 0.5) is 6.01 Å². The Labute approximate surface area is 148 Å². The Bertz CT molecular complexity index is 904. The minimum atomic E-state index is 0.108. The molecule has 1 saturated heterocycles. The number of fused-ring (bicyclic) bond motifs is 1. The summed E-state index contributed by atoms with van der Waals surface area (Å²) in [5.74, 6) is 0.108. The molecule has 0 aliphatic carbocycles. The van der Waals surface area contributed by atoms with E-state index in [1.54, 1.807) is 12.1 Å². The lowest BCUT2D eigenvalue weighted by Crippen LogP contribution is -2.31. The molecule has 2 aromatic heterocycles. The molecule has 1 amide bonds. The number of halogens is 1. The maximum Gasteiger partial charge on any atom is 0.295 e. The number of oxazole rings is 1. The Kier molecular flexibility index (Phi) is 3.94. The van der Waals surface area contributed by atoms with Crippen LogP contribution in [0, 0.1) is 6.92 Å². The average Bonchev–Trinajstić information content (AvgIpc) is 3.26. The summed E-state index contributed by atoms with van der Waals surface area (Å²) in [6.07, 6.45) is 0.871. The molecule has 0 unspecified atom stereocenters. The second-order valence-electron chi connectivity index (χ2n) is 5.94. The topological polar surface area (TPSA) is 58.4 Å². The molecule has 0 spiro atoms. The summed E-state index contributed by atoms with van der Waals surface area (Å²) < 4.78 is 5.69. The van der Waals surface area contributed by atoms with Gasteiger partial charge >= 0.3 is 0 Å². The van der Waals surface area contributed by atoms with Crippen LogP contribution in [-0.4, -0.2) is 34.9 Å². The second-order valence-corrected chi connectivity index (χ2v) is 7.30. The summed E-state index contributed by atoms with van der Waals surface area (Å²) in [6.45, 7) is 3.36. The van der Waals surface area contributed by atoms with Gasteiger partial charge in [0.25, 0.3) is 11.9 Å². The van der Waals surface area contributed by atoms with Crippen molar-refractivity contribution < 1.29 is 9.21 Å². The molecule has 1 fully saturated rings. The lowest BCUT2D eigenvalue weighted by molar-refractivity contribution is 0.0795. The number of nitrogens with zero attached hydrogens (tertiary/aromatic N) is 2. The summed E-state index contributed by atoms with van der Waals surface area (Å²) in [6, 6.07) is 7.95. The van der Waals surface area contributed by atoms with Crippen molar-refractivity contribution in [2.24, 2.45) is 0 Å². The summed E-state index contributed by atoms with van der Waals surface area (Å²) >= 11 is 7.46. The Morgan fingerprint density at radius 3 is 3.12 bits per heavy atom. The maximum absolute atomic E-state index is 12.6. The standard InChI is InChI=1S/C17H16ClN3O2S/c1-10-5-7-24-15(10)16(22)21-6-4-12(9-21)19-17-20-13-3-2-11(18)8-14(13)23-17/h2-3,5,7-8,12H,4,6,9H2,1H3,(H,19,20)/t12-/m1/s1. The number of aromatic nitrogens is 1. The van der Waals surface area contributed by atoms with E-state index in [9.17, 15) is 4.79 Å². The van der Waals surface area contributed by atoms with Crippen LogP contribution in [0.15, 0.2) is 34.1 Å². The van der Waals surface area contributed by atoms with Crippen LogP contribution in [0.3, 0.4) is 0 Å². The number of hydrogen-bond acceptors (Lipinski definition) is 5. The number of rotatable bonds is 3.